The summed E-state index contributed by atoms with van der Waals surface area (Å²) < 4.78 is 32.9. The third kappa shape index (κ3) is 3.43. The number of aromatic nitrogens is 1. The van der Waals surface area contributed by atoms with Gasteiger partial charge in [-0.15, -0.1) is 0 Å². The summed E-state index contributed by atoms with van der Waals surface area (Å²) in [6.07, 6.45) is 0. The molecule has 2 rings (SSSR count). The van der Waals surface area contributed by atoms with Crippen LogP contribution in [0, 0.1) is 20.8 Å². The van der Waals surface area contributed by atoms with Crippen LogP contribution in [-0.2, 0) is 16.6 Å². The van der Waals surface area contributed by atoms with Crippen molar-refractivity contribution in [2.45, 2.75) is 32.2 Å². The molecular formula is C14H19N3O3S. The molecule has 2 aromatic rings. The monoisotopic (exact) mass is 309 g/mol. The highest BCUT2D eigenvalue weighted by molar-refractivity contribution is 7.92. The van der Waals surface area contributed by atoms with Gasteiger partial charge in [-0.3, -0.25) is 9.71 Å². The maximum Gasteiger partial charge on any atom is 0.265 e. The van der Waals surface area contributed by atoms with E-state index < -0.39 is 10.0 Å². The van der Waals surface area contributed by atoms with E-state index in [1.807, 2.05) is 6.92 Å². The van der Waals surface area contributed by atoms with Crippen molar-refractivity contribution in [2.75, 3.05) is 11.8 Å². The summed E-state index contributed by atoms with van der Waals surface area (Å²) in [6.45, 7) is 5.73. The molecule has 0 atom stereocenters. The number of hydrogen-bond acceptors (Lipinski definition) is 5. The quantitative estimate of drug-likeness (QED) is 0.884. The van der Waals surface area contributed by atoms with Crippen LogP contribution in [0.15, 0.2) is 27.5 Å². The van der Waals surface area contributed by atoms with Gasteiger partial charge < -0.3 is 9.73 Å². The summed E-state index contributed by atoms with van der Waals surface area (Å²) in [4.78, 5) is 4.39. The van der Waals surface area contributed by atoms with E-state index in [1.54, 1.807) is 33.0 Å². The van der Waals surface area contributed by atoms with E-state index in [2.05, 4.69) is 15.0 Å². The van der Waals surface area contributed by atoms with Crippen molar-refractivity contribution in [3.05, 3.63) is 41.1 Å². The van der Waals surface area contributed by atoms with Gasteiger partial charge in [0.25, 0.3) is 10.0 Å². The second-order valence-corrected chi connectivity index (χ2v) is 6.51. The van der Waals surface area contributed by atoms with Gasteiger partial charge in [0.1, 0.15) is 16.4 Å². The number of nitrogens with one attached hydrogen (secondary N) is 2. The predicted octanol–water partition coefficient (Wildman–Crippen LogP) is 2.12. The first-order valence-electron chi connectivity index (χ1n) is 6.54. The summed E-state index contributed by atoms with van der Waals surface area (Å²) in [7, 11) is -1.92. The summed E-state index contributed by atoms with van der Waals surface area (Å²) >= 11 is 0. The number of aryl methyl sites for hydroxylation is 3. The third-order valence-electron chi connectivity index (χ3n) is 3.03. The summed E-state index contributed by atoms with van der Waals surface area (Å²) in [6, 6.07) is 5.00. The molecule has 114 valence electrons. The Morgan fingerprint density at radius 3 is 2.57 bits per heavy atom. The van der Waals surface area contributed by atoms with Gasteiger partial charge in [-0.25, -0.2) is 8.42 Å². The number of furan rings is 1. The standard InChI is InChI=1S/C14H19N3O3S/c1-9-5-6-13(10(2)16-9)17-21(18,19)14-7-12(8-15-4)20-11(14)3/h5-7,15,17H,8H2,1-4H3. The first-order valence-corrected chi connectivity index (χ1v) is 8.03. The molecule has 21 heavy (non-hydrogen) atoms. The molecule has 0 unspecified atom stereocenters. The van der Waals surface area contributed by atoms with Crippen molar-refractivity contribution >= 4 is 15.7 Å². The van der Waals surface area contributed by atoms with E-state index in [0.717, 1.165) is 5.69 Å². The number of pyridine rings is 1. The van der Waals surface area contributed by atoms with Gasteiger partial charge in [-0.05, 0) is 40.0 Å². The normalized spacial score (nSPS) is 11.6. The van der Waals surface area contributed by atoms with E-state index in [4.69, 9.17) is 4.42 Å². The fourth-order valence-electron chi connectivity index (χ4n) is 2.05. The van der Waals surface area contributed by atoms with Crippen LogP contribution in [0.1, 0.15) is 22.9 Å². The fraction of sp³-hybridized carbons (Fsp3) is 0.357. The van der Waals surface area contributed by atoms with Gasteiger partial charge in [0, 0.05) is 11.8 Å². The van der Waals surface area contributed by atoms with Crippen LogP contribution < -0.4 is 10.0 Å². The molecule has 0 saturated carbocycles. The highest BCUT2D eigenvalue weighted by atomic mass is 32.2. The Morgan fingerprint density at radius 1 is 1.24 bits per heavy atom. The Labute approximate surface area is 124 Å². The van der Waals surface area contributed by atoms with Crippen molar-refractivity contribution < 1.29 is 12.8 Å². The average molecular weight is 309 g/mol. The summed E-state index contributed by atoms with van der Waals surface area (Å²) in [5, 5.41) is 2.92. The Morgan fingerprint density at radius 2 is 1.95 bits per heavy atom. The van der Waals surface area contributed by atoms with E-state index >= 15 is 0 Å². The van der Waals surface area contributed by atoms with Crippen LogP contribution in [-0.4, -0.2) is 20.4 Å². The highest BCUT2D eigenvalue weighted by Crippen LogP contribution is 2.24. The lowest BCUT2D eigenvalue weighted by Gasteiger charge is -2.09. The molecule has 0 aliphatic rings. The van der Waals surface area contributed by atoms with Crippen LogP contribution in [0.3, 0.4) is 0 Å². The molecule has 0 aliphatic carbocycles. The molecule has 6 nitrogen and oxygen atoms in total. The van der Waals surface area contributed by atoms with Gasteiger partial charge in [-0.2, -0.15) is 0 Å². The summed E-state index contributed by atoms with van der Waals surface area (Å²) in [5.74, 6) is 0.944. The second-order valence-electron chi connectivity index (χ2n) is 4.85. The minimum atomic E-state index is -3.69. The molecule has 2 aromatic heterocycles. The van der Waals surface area contributed by atoms with Gasteiger partial charge >= 0.3 is 0 Å². The van der Waals surface area contributed by atoms with Gasteiger partial charge in [0.05, 0.1) is 17.9 Å². The van der Waals surface area contributed by atoms with Crippen LogP contribution in [0.2, 0.25) is 0 Å². The average Bonchev–Trinajstić information content (AvgIpc) is 2.75. The molecule has 2 N–H and O–H groups in total. The van der Waals surface area contributed by atoms with Gasteiger partial charge in [0.2, 0.25) is 0 Å². The lowest BCUT2D eigenvalue weighted by atomic mass is 10.3. The Kier molecular flexibility index (Phi) is 4.34. The molecule has 0 bridgehead atoms. The molecule has 0 fully saturated rings. The van der Waals surface area contributed by atoms with E-state index in [-0.39, 0.29) is 4.90 Å². The van der Waals surface area contributed by atoms with Crippen LogP contribution >= 0.6 is 0 Å². The second kappa shape index (κ2) is 5.87. The van der Waals surface area contributed by atoms with Crippen molar-refractivity contribution in [1.29, 1.82) is 0 Å². The van der Waals surface area contributed by atoms with Crippen LogP contribution in [0.4, 0.5) is 5.69 Å². The molecule has 0 saturated heterocycles. The largest absolute Gasteiger partial charge is 0.464 e. The lowest BCUT2D eigenvalue weighted by molar-refractivity contribution is 0.466. The molecule has 0 spiro atoms. The van der Waals surface area contributed by atoms with E-state index in [1.165, 1.54) is 6.07 Å². The molecule has 2 heterocycles. The number of anilines is 1. The van der Waals surface area contributed by atoms with E-state index in [0.29, 0.717) is 29.4 Å². The molecule has 7 heteroatoms. The first-order chi connectivity index (χ1) is 9.83. The van der Waals surface area contributed by atoms with Gasteiger partial charge in [-0.1, -0.05) is 0 Å². The van der Waals surface area contributed by atoms with Crippen molar-refractivity contribution in [2.24, 2.45) is 0 Å². The maximum absolute atomic E-state index is 12.5. The zero-order valence-corrected chi connectivity index (χ0v) is 13.3. The van der Waals surface area contributed by atoms with Crippen LogP contribution in [0.25, 0.3) is 0 Å². The Bertz CT molecular complexity index is 751. The molecule has 0 amide bonds. The zero-order valence-electron chi connectivity index (χ0n) is 12.5. The number of hydrogen-bond donors (Lipinski definition) is 2. The minimum Gasteiger partial charge on any atom is -0.464 e. The van der Waals surface area contributed by atoms with Gasteiger partial charge in [0.15, 0.2) is 0 Å². The number of rotatable bonds is 5. The molecule has 0 aliphatic heterocycles. The highest BCUT2D eigenvalue weighted by Gasteiger charge is 2.22. The number of nitrogens with zero attached hydrogens (tertiary/aromatic N) is 1. The predicted molar refractivity (Wildman–Crippen MR) is 80.7 cm³/mol. The molecular weight excluding hydrogens is 290 g/mol. The summed E-state index contributed by atoms with van der Waals surface area (Å²) in [5.41, 5.74) is 1.94. The third-order valence-corrected chi connectivity index (χ3v) is 4.51. The smallest absolute Gasteiger partial charge is 0.265 e. The van der Waals surface area contributed by atoms with Crippen molar-refractivity contribution in [1.82, 2.24) is 10.3 Å². The zero-order chi connectivity index (χ0) is 15.6. The van der Waals surface area contributed by atoms with Crippen molar-refractivity contribution in [3.8, 4) is 0 Å². The topological polar surface area (TPSA) is 84.2 Å². The molecule has 0 radical (unpaired) electrons. The van der Waals surface area contributed by atoms with Crippen LogP contribution in [0.5, 0.6) is 0 Å². The maximum atomic E-state index is 12.5. The lowest BCUT2D eigenvalue weighted by Crippen LogP contribution is -2.14. The number of sulfonamides is 1. The van der Waals surface area contributed by atoms with Crippen molar-refractivity contribution in [3.63, 3.8) is 0 Å². The minimum absolute atomic E-state index is 0.146. The first kappa shape index (κ1) is 15.5. The van der Waals surface area contributed by atoms with E-state index in [9.17, 15) is 8.42 Å². The SMILES string of the molecule is CNCc1cc(S(=O)(=O)Nc2ccc(C)nc2C)c(C)o1. The molecule has 0 aromatic carbocycles. The Balaban J connectivity index is 2.34. The Hall–Kier alpha value is -1.86. The fourth-order valence-corrected chi connectivity index (χ4v) is 3.37.